The Labute approximate surface area is 143 Å². The smallest absolute Gasteiger partial charge is 0.338 e. The van der Waals surface area contributed by atoms with Crippen molar-refractivity contribution < 1.29 is 14.5 Å². The number of nitro groups is 1. The van der Waals surface area contributed by atoms with Crippen molar-refractivity contribution in [1.29, 1.82) is 0 Å². The molecule has 0 atom stereocenters. The van der Waals surface area contributed by atoms with Gasteiger partial charge in [-0.1, -0.05) is 41.6 Å². The van der Waals surface area contributed by atoms with Crippen LogP contribution in [0, 0.1) is 17.0 Å². The van der Waals surface area contributed by atoms with Gasteiger partial charge in [0.05, 0.1) is 17.6 Å². The summed E-state index contributed by atoms with van der Waals surface area (Å²) in [5, 5.41) is 11.2. The number of ether oxygens (including phenoxy) is 1. The van der Waals surface area contributed by atoms with Gasteiger partial charge in [0.1, 0.15) is 0 Å². The number of halogens is 1. The van der Waals surface area contributed by atoms with Crippen LogP contribution in [0.15, 0.2) is 40.9 Å². The molecule has 6 heteroatoms. The normalized spacial score (nSPS) is 9.87. The fourth-order valence-corrected chi connectivity index (χ4v) is 2.56. The number of benzene rings is 2. The molecule has 0 saturated heterocycles. The average Bonchev–Trinajstić information content (AvgIpc) is 2.49. The van der Waals surface area contributed by atoms with E-state index in [2.05, 4.69) is 15.9 Å². The Hall–Kier alpha value is -2.21. The SMILES string of the molecule is C.COC(=O)c1cc(Br)ccc1Cc1ccc(C)cc1[N+](=O)[O-]. The number of carbonyl (C=O) groups is 1. The number of aryl methyl sites for hydroxylation is 1. The summed E-state index contributed by atoms with van der Waals surface area (Å²) in [7, 11) is 1.31. The zero-order chi connectivity index (χ0) is 16.3. The molecule has 2 aromatic rings. The summed E-state index contributed by atoms with van der Waals surface area (Å²) in [5.41, 5.74) is 2.51. The van der Waals surface area contributed by atoms with E-state index in [9.17, 15) is 14.9 Å². The fourth-order valence-electron chi connectivity index (χ4n) is 2.20. The summed E-state index contributed by atoms with van der Waals surface area (Å²) >= 11 is 3.31. The summed E-state index contributed by atoms with van der Waals surface area (Å²) in [4.78, 5) is 22.7. The molecule has 0 radical (unpaired) electrons. The van der Waals surface area contributed by atoms with E-state index in [-0.39, 0.29) is 19.5 Å². The zero-order valence-corrected chi connectivity index (χ0v) is 13.7. The van der Waals surface area contributed by atoms with E-state index in [1.807, 2.05) is 6.07 Å². The first kappa shape index (κ1) is 18.8. The van der Waals surface area contributed by atoms with Gasteiger partial charge in [-0.05, 0) is 30.2 Å². The van der Waals surface area contributed by atoms with Crippen LogP contribution in [0.1, 0.15) is 34.5 Å². The lowest BCUT2D eigenvalue weighted by molar-refractivity contribution is -0.385. The van der Waals surface area contributed by atoms with Crippen LogP contribution in [0.5, 0.6) is 0 Å². The number of rotatable bonds is 4. The van der Waals surface area contributed by atoms with E-state index in [0.717, 1.165) is 10.0 Å². The van der Waals surface area contributed by atoms with E-state index in [4.69, 9.17) is 4.74 Å². The minimum atomic E-state index is -0.467. The fraction of sp³-hybridized carbons (Fsp3) is 0.235. The Morgan fingerprint density at radius 1 is 1.22 bits per heavy atom. The van der Waals surface area contributed by atoms with Crippen LogP contribution in [-0.4, -0.2) is 18.0 Å². The average molecular weight is 380 g/mol. The lowest BCUT2D eigenvalue weighted by Gasteiger charge is -2.09. The lowest BCUT2D eigenvalue weighted by Crippen LogP contribution is -2.07. The third-order valence-corrected chi connectivity index (χ3v) is 3.79. The lowest BCUT2D eigenvalue weighted by atomic mass is 9.98. The summed E-state index contributed by atoms with van der Waals surface area (Å²) in [5.74, 6) is -0.467. The van der Waals surface area contributed by atoms with Gasteiger partial charge in [-0.2, -0.15) is 0 Å². The Balaban J connectivity index is 0.00000264. The first-order valence-corrected chi connectivity index (χ1v) is 7.32. The first-order chi connectivity index (χ1) is 10.4. The second kappa shape index (κ2) is 7.87. The van der Waals surface area contributed by atoms with Crippen molar-refractivity contribution in [2.75, 3.05) is 7.11 Å². The number of nitrogens with zero attached hydrogens (tertiary/aromatic N) is 1. The summed E-state index contributed by atoms with van der Waals surface area (Å²) < 4.78 is 5.52. The molecular formula is C17H18BrNO4. The van der Waals surface area contributed by atoms with Crippen molar-refractivity contribution in [1.82, 2.24) is 0 Å². The van der Waals surface area contributed by atoms with Crippen LogP contribution in [0.25, 0.3) is 0 Å². The van der Waals surface area contributed by atoms with Gasteiger partial charge in [-0.15, -0.1) is 0 Å². The van der Waals surface area contributed by atoms with Crippen molar-refractivity contribution in [2.24, 2.45) is 0 Å². The van der Waals surface area contributed by atoms with Gasteiger partial charge in [-0.25, -0.2) is 4.79 Å². The number of nitro benzene ring substituents is 1. The molecule has 0 bridgehead atoms. The second-order valence-electron chi connectivity index (χ2n) is 4.86. The summed E-state index contributed by atoms with van der Waals surface area (Å²) in [6, 6.07) is 10.3. The highest BCUT2D eigenvalue weighted by Gasteiger charge is 2.18. The maximum absolute atomic E-state index is 11.9. The Bertz CT molecular complexity index is 743. The number of methoxy groups -OCH3 is 1. The molecule has 0 fully saturated rings. The van der Waals surface area contributed by atoms with Gasteiger partial charge in [0.15, 0.2) is 0 Å². The molecule has 0 N–H and O–H groups in total. The predicted molar refractivity (Wildman–Crippen MR) is 92.9 cm³/mol. The van der Waals surface area contributed by atoms with Crippen LogP contribution in [0.4, 0.5) is 5.69 Å². The van der Waals surface area contributed by atoms with Crippen molar-refractivity contribution in [3.05, 3.63) is 73.2 Å². The molecule has 5 nitrogen and oxygen atoms in total. The Kier molecular flexibility index (Phi) is 6.45. The molecule has 0 aliphatic heterocycles. The van der Waals surface area contributed by atoms with Crippen LogP contribution in [0.2, 0.25) is 0 Å². The molecule has 0 aromatic heterocycles. The topological polar surface area (TPSA) is 69.4 Å². The van der Waals surface area contributed by atoms with Gasteiger partial charge in [-0.3, -0.25) is 10.1 Å². The Morgan fingerprint density at radius 2 is 1.87 bits per heavy atom. The van der Waals surface area contributed by atoms with Gasteiger partial charge < -0.3 is 4.74 Å². The van der Waals surface area contributed by atoms with Gasteiger partial charge in [0.2, 0.25) is 0 Å². The molecule has 0 heterocycles. The molecule has 2 aromatic carbocycles. The van der Waals surface area contributed by atoms with E-state index < -0.39 is 10.9 Å². The number of esters is 1. The van der Waals surface area contributed by atoms with Gasteiger partial charge in [0, 0.05) is 22.5 Å². The van der Waals surface area contributed by atoms with E-state index in [1.165, 1.54) is 13.2 Å². The standard InChI is InChI=1S/C16H14BrNO4.CH4/c1-10-3-4-12(15(7-10)18(20)21)8-11-5-6-13(17)9-14(11)16(19)22-2;/h3-7,9H,8H2,1-2H3;1H4. The second-order valence-corrected chi connectivity index (χ2v) is 5.77. The highest BCUT2D eigenvalue weighted by molar-refractivity contribution is 9.10. The third-order valence-electron chi connectivity index (χ3n) is 3.30. The molecule has 2 rings (SSSR count). The highest BCUT2D eigenvalue weighted by atomic mass is 79.9. The van der Waals surface area contributed by atoms with Crippen molar-refractivity contribution in [2.45, 2.75) is 20.8 Å². The van der Waals surface area contributed by atoms with Crippen LogP contribution in [-0.2, 0) is 11.2 Å². The first-order valence-electron chi connectivity index (χ1n) is 6.53. The zero-order valence-electron chi connectivity index (χ0n) is 12.1. The van der Waals surface area contributed by atoms with E-state index in [0.29, 0.717) is 16.7 Å². The monoisotopic (exact) mass is 379 g/mol. The van der Waals surface area contributed by atoms with Crippen molar-refractivity contribution in [3.63, 3.8) is 0 Å². The molecule has 0 unspecified atom stereocenters. The maximum Gasteiger partial charge on any atom is 0.338 e. The van der Waals surface area contributed by atoms with Crippen LogP contribution < -0.4 is 0 Å². The minimum Gasteiger partial charge on any atom is -0.465 e. The van der Waals surface area contributed by atoms with Gasteiger partial charge in [0.25, 0.3) is 5.69 Å². The highest BCUT2D eigenvalue weighted by Crippen LogP contribution is 2.26. The summed E-state index contributed by atoms with van der Waals surface area (Å²) in [6.07, 6.45) is 0.286. The molecule has 0 aliphatic rings. The molecule has 0 spiro atoms. The van der Waals surface area contributed by atoms with Crippen LogP contribution in [0.3, 0.4) is 0 Å². The molecule has 23 heavy (non-hydrogen) atoms. The summed E-state index contributed by atoms with van der Waals surface area (Å²) in [6.45, 7) is 1.80. The molecule has 122 valence electrons. The maximum atomic E-state index is 11.9. The van der Waals surface area contributed by atoms with Crippen LogP contribution >= 0.6 is 15.9 Å². The Morgan fingerprint density at radius 3 is 2.48 bits per heavy atom. The molecule has 0 saturated carbocycles. The number of carbonyl (C=O) groups excluding carboxylic acids is 1. The van der Waals surface area contributed by atoms with Gasteiger partial charge >= 0.3 is 5.97 Å². The van der Waals surface area contributed by atoms with E-state index >= 15 is 0 Å². The predicted octanol–water partition coefficient (Wildman–Crippen LogP) is 4.68. The van der Waals surface area contributed by atoms with Crippen molar-refractivity contribution >= 4 is 27.6 Å². The number of hydrogen-bond acceptors (Lipinski definition) is 4. The molecular weight excluding hydrogens is 362 g/mol. The number of hydrogen-bond donors (Lipinski definition) is 0. The molecule has 0 aliphatic carbocycles. The quantitative estimate of drug-likeness (QED) is 0.439. The largest absolute Gasteiger partial charge is 0.465 e. The minimum absolute atomic E-state index is 0. The third kappa shape index (κ3) is 4.39. The van der Waals surface area contributed by atoms with Crippen molar-refractivity contribution in [3.8, 4) is 0 Å². The molecule has 0 amide bonds. The van der Waals surface area contributed by atoms with E-state index in [1.54, 1.807) is 31.2 Å².